The number of benzene rings is 2. The van der Waals surface area contributed by atoms with Crippen LogP contribution in [0.25, 0.3) is 10.9 Å². The number of anilines is 2. The van der Waals surface area contributed by atoms with Crippen LogP contribution in [0.5, 0.6) is 0 Å². The highest BCUT2D eigenvalue weighted by Crippen LogP contribution is 2.33. The highest BCUT2D eigenvalue weighted by Gasteiger charge is 2.21. The Hall–Kier alpha value is -2.54. The summed E-state index contributed by atoms with van der Waals surface area (Å²) >= 11 is 3.37. The number of fused-ring (bicyclic) bond motifs is 1. The summed E-state index contributed by atoms with van der Waals surface area (Å²) in [5, 5.41) is 22.5. The first kappa shape index (κ1) is 13.4. The number of nitrogens with zero attached hydrogens (tertiary/aromatic N) is 3. The third-order valence-electron chi connectivity index (χ3n) is 2.92. The third kappa shape index (κ3) is 2.68. The van der Waals surface area contributed by atoms with E-state index in [0.29, 0.717) is 16.6 Å². The van der Waals surface area contributed by atoms with Gasteiger partial charge >= 0.3 is 5.82 Å². The number of aromatic nitrogens is 2. The lowest BCUT2D eigenvalue weighted by molar-refractivity contribution is -0.389. The van der Waals surface area contributed by atoms with Crippen LogP contribution in [-0.2, 0) is 0 Å². The van der Waals surface area contributed by atoms with Gasteiger partial charge in [-0.3, -0.25) is 0 Å². The summed E-state index contributed by atoms with van der Waals surface area (Å²) in [5.74, 6) is -0.301. The quantitative estimate of drug-likeness (QED) is 0.572. The molecule has 0 saturated heterocycles. The van der Waals surface area contributed by atoms with Gasteiger partial charge in [0, 0.05) is 15.5 Å². The molecule has 0 aliphatic rings. The highest BCUT2D eigenvalue weighted by molar-refractivity contribution is 9.10. The van der Waals surface area contributed by atoms with Gasteiger partial charge in [-0.25, -0.2) is 0 Å². The van der Waals surface area contributed by atoms with Crippen molar-refractivity contribution in [1.29, 1.82) is 0 Å². The van der Waals surface area contributed by atoms with Crippen LogP contribution in [0.2, 0.25) is 0 Å². The largest absolute Gasteiger partial charge is 0.414 e. The third-order valence-corrected chi connectivity index (χ3v) is 3.41. The Morgan fingerprint density at radius 2 is 1.86 bits per heavy atom. The minimum Gasteiger partial charge on any atom is -0.358 e. The van der Waals surface area contributed by atoms with E-state index in [1.807, 2.05) is 36.4 Å². The topological polar surface area (TPSA) is 81.0 Å². The van der Waals surface area contributed by atoms with Gasteiger partial charge < -0.3 is 15.4 Å². The molecule has 0 bridgehead atoms. The van der Waals surface area contributed by atoms with Gasteiger partial charge in [0.2, 0.25) is 0 Å². The second-order valence-corrected chi connectivity index (χ2v) is 5.22. The summed E-state index contributed by atoms with van der Waals surface area (Å²) in [5.41, 5.74) is 1.66. The van der Waals surface area contributed by atoms with E-state index in [1.54, 1.807) is 12.1 Å². The minimum absolute atomic E-state index is 0.301. The molecule has 0 unspecified atom stereocenters. The molecule has 7 heteroatoms. The fourth-order valence-corrected chi connectivity index (χ4v) is 2.35. The van der Waals surface area contributed by atoms with Crippen LogP contribution in [0, 0.1) is 10.1 Å². The first-order chi connectivity index (χ1) is 10.1. The Kier molecular flexibility index (Phi) is 3.49. The lowest BCUT2D eigenvalue weighted by Gasteiger charge is -2.09. The van der Waals surface area contributed by atoms with Crippen molar-refractivity contribution in [2.45, 2.75) is 0 Å². The van der Waals surface area contributed by atoms with Crippen LogP contribution in [0.3, 0.4) is 0 Å². The van der Waals surface area contributed by atoms with Crippen molar-refractivity contribution in [3.05, 3.63) is 63.1 Å². The summed E-state index contributed by atoms with van der Waals surface area (Å²) in [4.78, 5) is 10.6. The molecule has 0 amide bonds. The van der Waals surface area contributed by atoms with E-state index in [1.165, 1.54) is 0 Å². The first-order valence-corrected chi connectivity index (χ1v) is 6.87. The number of hydrogen-bond donors (Lipinski definition) is 1. The molecule has 6 nitrogen and oxygen atoms in total. The Morgan fingerprint density at radius 3 is 2.57 bits per heavy atom. The molecule has 0 atom stereocenters. The molecule has 1 aromatic heterocycles. The number of hydrogen-bond acceptors (Lipinski definition) is 5. The van der Waals surface area contributed by atoms with Gasteiger partial charge in [-0.05, 0) is 40.4 Å². The molecule has 3 rings (SSSR count). The lowest BCUT2D eigenvalue weighted by Crippen LogP contribution is -2.02. The Labute approximate surface area is 128 Å². The second kappa shape index (κ2) is 5.45. The molecule has 0 radical (unpaired) electrons. The number of nitrogens with one attached hydrogen (secondary N) is 1. The van der Waals surface area contributed by atoms with Crippen LogP contribution in [0.1, 0.15) is 0 Å². The number of halogens is 1. The van der Waals surface area contributed by atoms with E-state index in [0.717, 1.165) is 10.2 Å². The zero-order chi connectivity index (χ0) is 14.8. The Balaban J connectivity index is 2.23. The van der Waals surface area contributed by atoms with Crippen molar-refractivity contribution in [2.24, 2.45) is 0 Å². The van der Waals surface area contributed by atoms with Crippen LogP contribution < -0.4 is 5.32 Å². The molecule has 3 aromatic rings. The van der Waals surface area contributed by atoms with Crippen LogP contribution in [-0.4, -0.2) is 15.1 Å². The van der Waals surface area contributed by atoms with Gasteiger partial charge in [0.15, 0.2) is 0 Å². The average Bonchev–Trinajstić information content (AvgIpc) is 2.48. The fraction of sp³-hybridized carbons (Fsp3) is 0. The summed E-state index contributed by atoms with van der Waals surface area (Å²) < 4.78 is 0.813. The molecule has 0 aliphatic carbocycles. The minimum atomic E-state index is -0.543. The molecule has 0 spiro atoms. The Bertz CT molecular complexity index is 824. The SMILES string of the molecule is O=[N+]([O-])c1nnc2ccc(Br)cc2c1Nc1ccccc1. The lowest BCUT2D eigenvalue weighted by atomic mass is 10.2. The van der Waals surface area contributed by atoms with Crippen LogP contribution >= 0.6 is 15.9 Å². The predicted molar refractivity (Wildman–Crippen MR) is 83.6 cm³/mol. The van der Waals surface area contributed by atoms with Gasteiger partial charge in [-0.1, -0.05) is 34.1 Å². The smallest absolute Gasteiger partial charge is 0.358 e. The Morgan fingerprint density at radius 1 is 1.10 bits per heavy atom. The van der Waals surface area contributed by atoms with Crippen molar-refractivity contribution in [3.8, 4) is 0 Å². The highest BCUT2D eigenvalue weighted by atomic mass is 79.9. The summed E-state index contributed by atoms with van der Waals surface area (Å²) in [6, 6.07) is 14.6. The standard InChI is InChI=1S/C14H9BrN4O2/c15-9-6-7-12-11(8-9)13(14(18-17-12)19(20)21)16-10-4-2-1-3-5-10/h1-8H,(H,16,17). The van der Waals surface area contributed by atoms with Crippen molar-refractivity contribution >= 4 is 44.0 Å². The van der Waals surface area contributed by atoms with E-state index in [-0.39, 0.29) is 5.82 Å². The first-order valence-electron chi connectivity index (χ1n) is 6.07. The number of para-hydroxylation sites is 1. The maximum absolute atomic E-state index is 11.2. The van der Waals surface area contributed by atoms with Gasteiger partial charge in [0.1, 0.15) is 11.2 Å². The van der Waals surface area contributed by atoms with Gasteiger partial charge in [-0.15, -0.1) is 0 Å². The second-order valence-electron chi connectivity index (χ2n) is 4.31. The molecular formula is C14H9BrN4O2. The zero-order valence-electron chi connectivity index (χ0n) is 10.7. The van der Waals surface area contributed by atoms with Gasteiger partial charge in [-0.2, -0.15) is 0 Å². The molecule has 21 heavy (non-hydrogen) atoms. The van der Waals surface area contributed by atoms with Crippen molar-refractivity contribution < 1.29 is 4.92 Å². The van der Waals surface area contributed by atoms with E-state index >= 15 is 0 Å². The average molecular weight is 345 g/mol. The summed E-state index contributed by atoms with van der Waals surface area (Å²) in [6.45, 7) is 0. The molecule has 0 fully saturated rings. The molecule has 1 N–H and O–H groups in total. The van der Waals surface area contributed by atoms with Gasteiger partial charge in [0.25, 0.3) is 0 Å². The normalized spacial score (nSPS) is 10.5. The predicted octanol–water partition coefficient (Wildman–Crippen LogP) is 4.04. The van der Waals surface area contributed by atoms with Crippen molar-refractivity contribution in [3.63, 3.8) is 0 Å². The van der Waals surface area contributed by atoms with E-state index in [9.17, 15) is 10.1 Å². The number of rotatable bonds is 3. The van der Waals surface area contributed by atoms with E-state index < -0.39 is 4.92 Å². The molecular weight excluding hydrogens is 336 g/mol. The molecule has 1 heterocycles. The number of nitro groups is 1. The molecule has 0 aliphatic heterocycles. The fourth-order valence-electron chi connectivity index (χ4n) is 1.98. The molecule has 104 valence electrons. The maximum atomic E-state index is 11.2. The molecule has 0 saturated carbocycles. The van der Waals surface area contributed by atoms with E-state index in [2.05, 4.69) is 31.4 Å². The molecule has 2 aromatic carbocycles. The van der Waals surface area contributed by atoms with Crippen LogP contribution in [0.15, 0.2) is 53.0 Å². The van der Waals surface area contributed by atoms with Gasteiger partial charge in [0.05, 0.1) is 5.10 Å². The van der Waals surface area contributed by atoms with Crippen LogP contribution in [0.4, 0.5) is 17.2 Å². The van der Waals surface area contributed by atoms with Crippen molar-refractivity contribution in [2.75, 3.05) is 5.32 Å². The summed E-state index contributed by atoms with van der Waals surface area (Å²) in [7, 11) is 0. The zero-order valence-corrected chi connectivity index (χ0v) is 12.2. The van der Waals surface area contributed by atoms with E-state index in [4.69, 9.17) is 0 Å². The van der Waals surface area contributed by atoms with Crippen molar-refractivity contribution in [1.82, 2.24) is 10.2 Å². The maximum Gasteiger partial charge on any atom is 0.414 e. The monoisotopic (exact) mass is 344 g/mol. The summed E-state index contributed by atoms with van der Waals surface area (Å²) in [6.07, 6.45) is 0.